The van der Waals surface area contributed by atoms with Crippen molar-refractivity contribution in [2.24, 2.45) is 0 Å². The highest BCUT2D eigenvalue weighted by Crippen LogP contribution is 2.37. The molecule has 5 nitrogen and oxygen atoms in total. The Morgan fingerprint density at radius 2 is 1.71 bits per heavy atom. The van der Waals surface area contributed by atoms with Crippen LogP contribution in [0.2, 0.25) is 0 Å². The lowest BCUT2D eigenvalue weighted by molar-refractivity contribution is 0.565. The standard InChI is InChI=1S/C18H15N5S/c1-2-7-15-13(5-1)14-6-3-4-8-16(14)19-17(15)11-24-18-20-21-22-23(18)12-9-10-12/h1-8,12H,9-11H2. The van der Waals surface area contributed by atoms with Gasteiger partial charge >= 0.3 is 0 Å². The van der Waals surface area contributed by atoms with E-state index in [4.69, 9.17) is 4.98 Å². The molecule has 0 aliphatic heterocycles. The molecule has 118 valence electrons. The predicted molar refractivity (Wildman–Crippen MR) is 94.9 cm³/mol. The molecule has 6 heteroatoms. The van der Waals surface area contributed by atoms with Crippen LogP contribution in [0.15, 0.2) is 53.7 Å². The number of aromatic nitrogens is 5. The Labute approximate surface area is 143 Å². The Bertz CT molecular complexity index is 1040. The minimum absolute atomic E-state index is 0.490. The second kappa shape index (κ2) is 5.56. The molecule has 0 spiro atoms. The summed E-state index contributed by atoms with van der Waals surface area (Å²) in [5.41, 5.74) is 2.12. The van der Waals surface area contributed by atoms with Gasteiger partial charge in [0.1, 0.15) is 0 Å². The van der Waals surface area contributed by atoms with E-state index in [1.54, 1.807) is 11.8 Å². The largest absolute Gasteiger partial charge is 0.251 e. The van der Waals surface area contributed by atoms with Crippen LogP contribution >= 0.6 is 11.8 Å². The second-order valence-electron chi connectivity index (χ2n) is 6.05. The van der Waals surface area contributed by atoms with Crippen molar-refractivity contribution in [2.45, 2.75) is 29.8 Å². The predicted octanol–water partition coefficient (Wildman–Crippen LogP) is 4.00. The van der Waals surface area contributed by atoms with Gasteiger partial charge in [-0.25, -0.2) is 4.68 Å². The van der Waals surface area contributed by atoms with Gasteiger partial charge in [-0.05, 0) is 34.7 Å². The van der Waals surface area contributed by atoms with Crippen molar-refractivity contribution in [1.29, 1.82) is 0 Å². The lowest BCUT2D eigenvalue weighted by Gasteiger charge is -2.09. The number of pyridine rings is 1. The smallest absolute Gasteiger partial charge is 0.209 e. The molecule has 1 aliphatic rings. The maximum Gasteiger partial charge on any atom is 0.209 e. The fourth-order valence-corrected chi connectivity index (χ4v) is 3.94. The molecule has 0 radical (unpaired) electrons. The molecule has 0 bridgehead atoms. The number of fused-ring (bicyclic) bond motifs is 3. The SMILES string of the molecule is c1ccc2c(c1)nc(CSc1nnnn1C1CC1)c1ccccc12. The number of rotatable bonds is 4. The summed E-state index contributed by atoms with van der Waals surface area (Å²) in [4.78, 5) is 4.89. The van der Waals surface area contributed by atoms with E-state index in [9.17, 15) is 0 Å². The summed E-state index contributed by atoms with van der Waals surface area (Å²) < 4.78 is 1.95. The zero-order chi connectivity index (χ0) is 15.9. The normalized spacial score (nSPS) is 14.5. The number of thioether (sulfide) groups is 1. The molecule has 5 rings (SSSR count). The van der Waals surface area contributed by atoms with Gasteiger partial charge in [-0.1, -0.05) is 54.2 Å². The molecule has 0 atom stereocenters. The maximum absolute atomic E-state index is 4.89. The fourth-order valence-electron chi connectivity index (χ4n) is 3.05. The van der Waals surface area contributed by atoms with E-state index in [0.717, 1.165) is 22.1 Å². The molecule has 24 heavy (non-hydrogen) atoms. The number of nitrogens with zero attached hydrogens (tertiary/aromatic N) is 5. The summed E-state index contributed by atoms with van der Waals surface area (Å²) in [5, 5.41) is 16.7. The topological polar surface area (TPSA) is 56.5 Å². The molecular formula is C18H15N5S. The summed E-state index contributed by atoms with van der Waals surface area (Å²) >= 11 is 1.66. The van der Waals surface area contributed by atoms with E-state index in [0.29, 0.717) is 6.04 Å². The molecule has 0 amide bonds. The van der Waals surface area contributed by atoms with E-state index < -0.39 is 0 Å². The average molecular weight is 333 g/mol. The minimum Gasteiger partial charge on any atom is -0.251 e. The number of hydrogen-bond donors (Lipinski definition) is 0. The van der Waals surface area contributed by atoms with Crippen LogP contribution in [0.3, 0.4) is 0 Å². The lowest BCUT2D eigenvalue weighted by Crippen LogP contribution is -1.99. The molecule has 1 saturated carbocycles. The Morgan fingerprint density at radius 1 is 0.958 bits per heavy atom. The summed E-state index contributed by atoms with van der Waals surface area (Å²) in [5.74, 6) is 0.762. The van der Waals surface area contributed by atoms with E-state index in [2.05, 4.69) is 58.0 Å². The zero-order valence-corrected chi connectivity index (χ0v) is 13.8. The van der Waals surface area contributed by atoms with Crippen LogP contribution < -0.4 is 0 Å². The Kier molecular flexibility index (Phi) is 3.23. The van der Waals surface area contributed by atoms with Crippen LogP contribution in [0.1, 0.15) is 24.6 Å². The Balaban J connectivity index is 1.56. The second-order valence-corrected chi connectivity index (χ2v) is 6.99. The van der Waals surface area contributed by atoms with Crippen LogP contribution in [0, 0.1) is 0 Å². The molecule has 0 saturated heterocycles. The number of para-hydroxylation sites is 1. The number of benzene rings is 2. The molecule has 2 aromatic heterocycles. The summed E-state index contributed by atoms with van der Waals surface area (Å²) in [6.45, 7) is 0. The van der Waals surface area contributed by atoms with Gasteiger partial charge in [-0.3, -0.25) is 4.98 Å². The third-order valence-corrected chi connectivity index (χ3v) is 5.33. The highest BCUT2D eigenvalue weighted by molar-refractivity contribution is 7.98. The molecule has 1 fully saturated rings. The molecule has 4 aromatic rings. The van der Waals surface area contributed by atoms with Crippen molar-refractivity contribution in [2.75, 3.05) is 0 Å². The summed E-state index contributed by atoms with van der Waals surface area (Å²) in [7, 11) is 0. The van der Waals surface area contributed by atoms with Gasteiger partial charge in [-0.15, -0.1) is 5.10 Å². The van der Waals surface area contributed by atoms with Gasteiger partial charge in [0, 0.05) is 16.5 Å². The van der Waals surface area contributed by atoms with Crippen LogP contribution in [-0.2, 0) is 5.75 Å². The first-order chi connectivity index (χ1) is 11.9. The highest BCUT2D eigenvalue weighted by atomic mass is 32.2. The quantitative estimate of drug-likeness (QED) is 0.417. The van der Waals surface area contributed by atoms with Gasteiger partial charge in [0.15, 0.2) is 0 Å². The minimum atomic E-state index is 0.490. The third-order valence-electron chi connectivity index (χ3n) is 4.38. The zero-order valence-electron chi connectivity index (χ0n) is 13.0. The van der Waals surface area contributed by atoms with Gasteiger partial charge in [-0.2, -0.15) is 0 Å². The van der Waals surface area contributed by atoms with Crippen LogP contribution in [0.4, 0.5) is 0 Å². The van der Waals surface area contributed by atoms with Crippen LogP contribution in [-0.4, -0.2) is 25.2 Å². The number of hydrogen-bond acceptors (Lipinski definition) is 5. The Hall–Kier alpha value is -2.47. The summed E-state index contributed by atoms with van der Waals surface area (Å²) in [6, 6.07) is 17.3. The monoisotopic (exact) mass is 333 g/mol. The highest BCUT2D eigenvalue weighted by Gasteiger charge is 2.28. The first-order valence-corrected chi connectivity index (χ1v) is 9.06. The van der Waals surface area contributed by atoms with E-state index >= 15 is 0 Å². The maximum atomic E-state index is 4.89. The average Bonchev–Trinajstić information content (AvgIpc) is 3.38. The van der Waals surface area contributed by atoms with Crippen molar-refractivity contribution in [3.8, 4) is 0 Å². The first-order valence-electron chi connectivity index (χ1n) is 8.07. The molecule has 0 unspecified atom stereocenters. The fraction of sp³-hybridized carbons (Fsp3) is 0.222. The molecule has 1 aliphatic carbocycles. The number of tetrazole rings is 1. The third kappa shape index (κ3) is 2.34. The lowest BCUT2D eigenvalue weighted by atomic mass is 10.0. The molecular weight excluding hydrogens is 318 g/mol. The molecule has 2 aromatic carbocycles. The summed E-state index contributed by atoms with van der Waals surface area (Å²) in [6.07, 6.45) is 2.35. The molecule has 0 N–H and O–H groups in total. The Morgan fingerprint density at radius 3 is 2.54 bits per heavy atom. The van der Waals surface area contributed by atoms with Gasteiger partial charge in [0.25, 0.3) is 0 Å². The van der Waals surface area contributed by atoms with E-state index in [-0.39, 0.29) is 0 Å². The van der Waals surface area contributed by atoms with Gasteiger partial charge in [0.2, 0.25) is 5.16 Å². The van der Waals surface area contributed by atoms with Gasteiger partial charge in [0.05, 0.1) is 17.3 Å². The van der Waals surface area contributed by atoms with Gasteiger partial charge < -0.3 is 0 Å². The van der Waals surface area contributed by atoms with Crippen molar-refractivity contribution in [3.05, 3.63) is 54.2 Å². The van der Waals surface area contributed by atoms with E-state index in [1.807, 2.05) is 10.7 Å². The van der Waals surface area contributed by atoms with Crippen LogP contribution in [0.5, 0.6) is 0 Å². The van der Waals surface area contributed by atoms with Crippen LogP contribution in [0.25, 0.3) is 21.7 Å². The van der Waals surface area contributed by atoms with Crippen molar-refractivity contribution >= 4 is 33.4 Å². The first kappa shape index (κ1) is 13.9. The van der Waals surface area contributed by atoms with Crippen molar-refractivity contribution in [1.82, 2.24) is 25.2 Å². The van der Waals surface area contributed by atoms with E-state index in [1.165, 1.54) is 29.0 Å². The van der Waals surface area contributed by atoms with Crippen molar-refractivity contribution < 1.29 is 0 Å². The molecule has 2 heterocycles. The van der Waals surface area contributed by atoms with Crippen molar-refractivity contribution in [3.63, 3.8) is 0 Å².